The van der Waals surface area contributed by atoms with Gasteiger partial charge in [0.1, 0.15) is 13.2 Å². The Hall–Kier alpha value is -0.720. The van der Waals surface area contributed by atoms with E-state index in [1.54, 1.807) is 6.92 Å². The highest BCUT2D eigenvalue weighted by molar-refractivity contribution is 7.47. The number of unbranched alkanes of at least 4 members (excludes halogenated alkanes) is 1. The third kappa shape index (κ3) is 12.4. The molecule has 0 rings (SSSR count). The van der Waals surface area contributed by atoms with Crippen LogP contribution in [0.15, 0.2) is 12.2 Å². The molecule has 0 saturated heterocycles. The summed E-state index contributed by atoms with van der Waals surface area (Å²) in [5.74, 6) is -0.431. The highest BCUT2D eigenvalue weighted by Gasteiger charge is 2.27. The minimum absolute atomic E-state index is 0.0806. The molecule has 0 aromatic rings. The molecule has 0 fully saturated rings. The first-order valence-electron chi connectivity index (χ1n) is 10.0. The summed E-state index contributed by atoms with van der Waals surface area (Å²) in [6, 6.07) is 0. The maximum absolute atomic E-state index is 12.0. The van der Waals surface area contributed by atoms with Gasteiger partial charge in [-0.1, -0.05) is 27.4 Å². The first-order valence-corrected chi connectivity index (χ1v) is 11.5. The van der Waals surface area contributed by atoms with Crippen molar-refractivity contribution < 1.29 is 32.5 Å². The van der Waals surface area contributed by atoms with Crippen molar-refractivity contribution in [2.24, 2.45) is 0 Å². The van der Waals surface area contributed by atoms with E-state index in [1.807, 2.05) is 0 Å². The predicted octanol–water partition coefficient (Wildman–Crippen LogP) is 4.07. The smallest absolute Gasteiger partial charge is 0.462 e. The van der Waals surface area contributed by atoms with Gasteiger partial charge in [-0.05, 0) is 39.0 Å². The summed E-state index contributed by atoms with van der Waals surface area (Å²) in [7, 11) is -4.05. The van der Waals surface area contributed by atoms with Crippen LogP contribution in [-0.2, 0) is 23.1 Å². The van der Waals surface area contributed by atoms with Crippen LogP contribution in [0.5, 0.6) is 0 Å². The molecule has 0 spiro atoms. The maximum atomic E-state index is 12.0. The number of carbonyl (C=O) groups excluding carboxylic acids is 1. The second-order valence-electron chi connectivity index (χ2n) is 6.99. The molecule has 1 unspecified atom stereocenters. The molecule has 0 amide bonds. The van der Waals surface area contributed by atoms with Gasteiger partial charge in [-0.3, -0.25) is 9.05 Å². The van der Waals surface area contributed by atoms with E-state index in [4.69, 9.17) is 13.8 Å². The Labute approximate surface area is 164 Å². The summed E-state index contributed by atoms with van der Waals surface area (Å²) < 4.78 is 28.1. The van der Waals surface area contributed by atoms with Gasteiger partial charge < -0.3 is 14.1 Å². The minimum atomic E-state index is -4.05. The largest absolute Gasteiger partial charge is 0.472 e. The van der Waals surface area contributed by atoms with Crippen molar-refractivity contribution in [2.75, 3.05) is 46.0 Å². The molecule has 7 nitrogen and oxygen atoms in total. The van der Waals surface area contributed by atoms with Gasteiger partial charge in [0, 0.05) is 5.57 Å². The van der Waals surface area contributed by atoms with Crippen LogP contribution in [0.1, 0.15) is 59.8 Å². The van der Waals surface area contributed by atoms with Crippen molar-refractivity contribution in [2.45, 2.75) is 59.8 Å². The quantitative estimate of drug-likeness (QED) is 0.128. The first-order chi connectivity index (χ1) is 12.7. The molecule has 0 aliphatic heterocycles. The zero-order chi connectivity index (χ0) is 20.8. The van der Waals surface area contributed by atoms with Crippen LogP contribution in [0, 0.1) is 0 Å². The van der Waals surface area contributed by atoms with Crippen molar-refractivity contribution >= 4 is 13.8 Å². The van der Waals surface area contributed by atoms with E-state index in [1.165, 1.54) is 0 Å². The van der Waals surface area contributed by atoms with Crippen molar-refractivity contribution in [3.8, 4) is 0 Å². The van der Waals surface area contributed by atoms with Gasteiger partial charge >= 0.3 is 13.8 Å². The van der Waals surface area contributed by atoms with Crippen LogP contribution in [0.25, 0.3) is 0 Å². The number of esters is 1. The van der Waals surface area contributed by atoms with Crippen molar-refractivity contribution in [3.63, 3.8) is 0 Å². The zero-order valence-electron chi connectivity index (χ0n) is 17.6. The fourth-order valence-electron chi connectivity index (χ4n) is 3.15. The number of nitrogens with zero attached hydrogens (tertiary/aromatic N) is 1. The van der Waals surface area contributed by atoms with Crippen LogP contribution in [0.2, 0.25) is 0 Å². The summed E-state index contributed by atoms with van der Waals surface area (Å²) in [6.07, 6.45) is 4.26. The molecule has 0 bridgehead atoms. The van der Waals surface area contributed by atoms with Crippen LogP contribution in [0.3, 0.4) is 0 Å². The topological polar surface area (TPSA) is 82.1 Å². The van der Waals surface area contributed by atoms with E-state index < -0.39 is 13.8 Å². The highest BCUT2D eigenvalue weighted by Crippen LogP contribution is 2.43. The summed E-state index contributed by atoms with van der Waals surface area (Å²) in [5.41, 5.74) is 0.350. The van der Waals surface area contributed by atoms with Gasteiger partial charge in [-0.25, -0.2) is 9.36 Å². The fraction of sp³-hybridized carbons (Fsp3) is 0.842. The molecule has 1 N–H and O–H groups in total. The molecule has 0 radical (unpaired) electrons. The van der Waals surface area contributed by atoms with Gasteiger partial charge in [0.25, 0.3) is 0 Å². The summed E-state index contributed by atoms with van der Waals surface area (Å²) in [4.78, 5) is 21.0. The van der Waals surface area contributed by atoms with Gasteiger partial charge in [0.05, 0.1) is 32.8 Å². The average molecular weight is 408 g/mol. The van der Waals surface area contributed by atoms with E-state index in [2.05, 4.69) is 27.4 Å². The maximum Gasteiger partial charge on any atom is 0.472 e. The van der Waals surface area contributed by atoms with E-state index >= 15 is 0 Å². The number of rotatable bonds is 17. The second-order valence-corrected chi connectivity index (χ2v) is 8.45. The van der Waals surface area contributed by atoms with Crippen molar-refractivity contribution in [3.05, 3.63) is 12.2 Å². The Morgan fingerprint density at radius 1 is 0.926 bits per heavy atom. The Kier molecular flexibility index (Phi) is 13.9. The predicted molar refractivity (Wildman–Crippen MR) is 107 cm³/mol. The molecule has 8 heteroatoms. The fourth-order valence-corrected chi connectivity index (χ4v) is 3.90. The van der Waals surface area contributed by atoms with E-state index in [0.29, 0.717) is 25.0 Å². The van der Waals surface area contributed by atoms with Gasteiger partial charge in [0.15, 0.2) is 0 Å². The van der Waals surface area contributed by atoms with Crippen LogP contribution in [-0.4, -0.2) is 61.3 Å². The number of hydrogen-bond donors (Lipinski definition) is 1. The van der Waals surface area contributed by atoms with E-state index in [0.717, 1.165) is 43.4 Å². The van der Waals surface area contributed by atoms with Gasteiger partial charge in [-0.15, -0.1) is 0 Å². The average Bonchev–Trinajstić information content (AvgIpc) is 2.58. The van der Waals surface area contributed by atoms with Gasteiger partial charge in [-0.2, -0.15) is 0 Å². The summed E-state index contributed by atoms with van der Waals surface area (Å²) in [6.45, 7) is 15.9. The molecular weight excluding hydrogens is 369 g/mol. The SMILES string of the molecule is C=C(C)C(=O)OCCCCOP(=O)(O)OCC[N+](CCC)(CCC)CCC. The number of phosphoric ester groups is 1. The third-order valence-electron chi connectivity index (χ3n) is 4.29. The molecule has 27 heavy (non-hydrogen) atoms. The summed E-state index contributed by atoms with van der Waals surface area (Å²) >= 11 is 0. The lowest BCUT2D eigenvalue weighted by Crippen LogP contribution is -2.51. The molecule has 0 aliphatic rings. The molecule has 0 aliphatic carbocycles. The normalized spacial score (nSPS) is 14.0. The molecule has 160 valence electrons. The number of ether oxygens (including phenoxy) is 1. The first kappa shape index (κ1) is 26.3. The second kappa shape index (κ2) is 14.3. The third-order valence-corrected chi connectivity index (χ3v) is 5.31. The Bertz CT molecular complexity index is 466. The van der Waals surface area contributed by atoms with Crippen LogP contribution < -0.4 is 0 Å². The van der Waals surface area contributed by atoms with E-state index in [-0.39, 0.29) is 19.8 Å². The number of carbonyl (C=O) groups is 1. The molecule has 0 aromatic heterocycles. The Morgan fingerprint density at radius 2 is 1.41 bits per heavy atom. The van der Waals surface area contributed by atoms with Gasteiger partial charge in [0.2, 0.25) is 0 Å². The number of phosphoric acid groups is 1. The lowest BCUT2D eigenvalue weighted by Gasteiger charge is -2.38. The van der Waals surface area contributed by atoms with Crippen LogP contribution >= 0.6 is 7.82 Å². The Balaban J connectivity index is 4.17. The monoisotopic (exact) mass is 408 g/mol. The van der Waals surface area contributed by atoms with Crippen molar-refractivity contribution in [1.29, 1.82) is 0 Å². The summed E-state index contributed by atoms with van der Waals surface area (Å²) in [5, 5.41) is 0. The molecule has 0 heterocycles. The molecular formula is C19H39NO6P+. The molecule has 1 atom stereocenters. The highest BCUT2D eigenvalue weighted by atomic mass is 31.2. The lowest BCUT2D eigenvalue weighted by molar-refractivity contribution is -0.928. The van der Waals surface area contributed by atoms with Crippen molar-refractivity contribution in [1.82, 2.24) is 0 Å². The standard InChI is InChI=1S/C19H38NO6P/c1-6-11-20(12-7-2,13-8-3)14-17-26-27(22,23)25-16-10-9-15-24-19(21)18(4)5/h4,6-17H2,1-3,5H3/p+1. The van der Waals surface area contributed by atoms with E-state index in [9.17, 15) is 14.3 Å². The zero-order valence-corrected chi connectivity index (χ0v) is 18.5. The number of quaternary nitrogens is 1. The lowest BCUT2D eigenvalue weighted by atomic mass is 10.2. The minimum Gasteiger partial charge on any atom is -0.462 e. The van der Waals surface area contributed by atoms with Crippen LogP contribution in [0.4, 0.5) is 0 Å². The molecule has 0 aromatic carbocycles. The molecule has 0 saturated carbocycles. The Morgan fingerprint density at radius 3 is 1.89 bits per heavy atom. The number of hydrogen-bond acceptors (Lipinski definition) is 5.